The minimum atomic E-state index is 0.684. The normalized spacial score (nSPS) is 14.3. The van der Waals surface area contributed by atoms with Gasteiger partial charge in [0.15, 0.2) is 0 Å². The molecule has 1 aromatic heterocycles. The lowest BCUT2D eigenvalue weighted by atomic mass is 10.1. The number of imidazole rings is 1. The molecule has 0 atom stereocenters. The Morgan fingerprint density at radius 2 is 1.73 bits per heavy atom. The van der Waals surface area contributed by atoms with Crippen molar-refractivity contribution in [1.82, 2.24) is 14.5 Å². The van der Waals surface area contributed by atoms with Crippen LogP contribution in [0.2, 0.25) is 0 Å². The van der Waals surface area contributed by atoms with Crippen molar-refractivity contribution in [2.75, 3.05) is 19.7 Å². The smallest absolute Gasteiger partial charge is 0.140 e. The molecule has 1 aliphatic rings. The minimum absolute atomic E-state index is 0.684. The van der Waals surface area contributed by atoms with Gasteiger partial charge >= 0.3 is 0 Å². The zero-order valence-corrected chi connectivity index (χ0v) is 15.3. The predicted molar refractivity (Wildman–Crippen MR) is 104 cm³/mol. The average Bonchev–Trinajstić information content (AvgIpc) is 3.03. The molecule has 0 unspecified atom stereocenters. The van der Waals surface area contributed by atoms with E-state index in [2.05, 4.69) is 65.0 Å². The number of benzene rings is 2. The fourth-order valence-electron chi connectivity index (χ4n) is 3.54. The second-order valence-electron chi connectivity index (χ2n) is 6.82. The summed E-state index contributed by atoms with van der Waals surface area (Å²) in [6.45, 7) is 4.39. The summed E-state index contributed by atoms with van der Waals surface area (Å²) in [6, 6.07) is 20.8. The fourth-order valence-corrected chi connectivity index (χ4v) is 3.54. The van der Waals surface area contributed by atoms with E-state index in [4.69, 9.17) is 9.72 Å². The van der Waals surface area contributed by atoms with Gasteiger partial charge in [0.1, 0.15) is 5.82 Å². The van der Waals surface area contributed by atoms with Crippen LogP contribution in [0.15, 0.2) is 60.7 Å². The Labute approximate surface area is 155 Å². The number of ether oxygens (including phenoxy) is 1. The molecule has 0 radical (unpaired) electrons. The van der Waals surface area contributed by atoms with Gasteiger partial charge in [0, 0.05) is 38.7 Å². The van der Waals surface area contributed by atoms with Gasteiger partial charge in [0.2, 0.25) is 0 Å². The molecule has 0 bridgehead atoms. The highest BCUT2D eigenvalue weighted by Crippen LogP contribution is 2.25. The van der Waals surface area contributed by atoms with Crippen LogP contribution in [0.4, 0.5) is 0 Å². The van der Waals surface area contributed by atoms with E-state index in [0.717, 1.165) is 38.5 Å². The molecule has 0 saturated heterocycles. The monoisotopic (exact) mass is 347 g/mol. The number of fused-ring (bicyclic) bond motifs is 1. The van der Waals surface area contributed by atoms with Crippen LogP contribution >= 0.6 is 0 Å². The Kier molecular flexibility index (Phi) is 5.14. The van der Waals surface area contributed by atoms with Crippen LogP contribution in [0, 0.1) is 0 Å². The molecule has 0 saturated carbocycles. The summed E-state index contributed by atoms with van der Waals surface area (Å²) < 4.78 is 8.10. The zero-order chi connectivity index (χ0) is 17.8. The SMILES string of the molecule is Cn1c(-c2ccccc2)nc2c1CN(CCOCc1ccccc1)CC2. The van der Waals surface area contributed by atoms with Crippen molar-refractivity contribution in [3.05, 3.63) is 77.6 Å². The fraction of sp³-hybridized carbons (Fsp3) is 0.318. The van der Waals surface area contributed by atoms with Crippen molar-refractivity contribution in [1.29, 1.82) is 0 Å². The van der Waals surface area contributed by atoms with Crippen molar-refractivity contribution in [2.24, 2.45) is 7.05 Å². The summed E-state index contributed by atoms with van der Waals surface area (Å²) in [5, 5.41) is 0. The summed E-state index contributed by atoms with van der Waals surface area (Å²) in [7, 11) is 2.13. The minimum Gasteiger partial charge on any atom is -0.375 e. The molecular formula is C22H25N3O. The van der Waals surface area contributed by atoms with Crippen LogP contribution in [0.3, 0.4) is 0 Å². The molecule has 0 spiro atoms. The van der Waals surface area contributed by atoms with E-state index in [0.29, 0.717) is 6.61 Å². The van der Waals surface area contributed by atoms with Crippen LogP contribution in [0.25, 0.3) is 11.4 Å². The maximum atomic E-state index is 5.85. The van der Waals surface area contributed by atoms with E-state index in [1.54, 1.807) is 0 Å². The van der Waals surface area contributed by atoms with Crippen LogP contribution < -0.4 is 0 Å². The second-order valence-corrected chi connectivity index (χ2v) is 6.82. The van der Waals surface area contributed by atoms with Gasteiger partial charge < -0.3 is 9.30 Å². The molecule has 134 valence electrons. The van der Waals surface area contributed by atoms with Crippen LogP contribution in [-0.2, 0) is 31.4 Å². The molecule has 3 aromatic rings. The van der Waals surface area contributed by atoms with Gasteiger partial charge in [-0.15, -0.1) is 0 Å². The third kappa shape index (κ3) is 3.71. The van der Waals surface area contributed by atoms with Crippen molar-refractivity contribution in [2.45, 2.75) is 19.6 Å². The molecule has 2 heterocycles. The van der Waals surface area contributed by atoms with Crippen molar-refractivity contribution in [3.8, 4) is 11.4 Å². The molecule has 2 aromatic carbocycles. The third-order valence-electron chi connectivity index (χ3n) is 5.03. The molecule has 26 heavy (non-hydrogen) atoms. The first kappa shape index (κ1) is 17.0. The number of rotatable bonds is 6. The summed E-state index contributed by atoms with van der Waals surface area (Å²) in [5.74, 6) is 1.07. The molecule has 4 nitrogen and oxygen atoms in total. The van der Waals surface area contributed by atoms with Gasteiger partial charge in [-0.05, 0) is 5.56 Å². The Morgan fingerprint density at radius 1 is 1.00 bits per heavy atom. The molecule has 0 aliphatic carbocycles. The van der Waals surface area contributed by atoms with E-state index >= 15 is 0 Å². The van der Waals surface area contributed by atoms with Crippen molar-refractivity contribution < 1.29 is 4.74 Å². The van der Waals surface area contributed by atoms with Gasteiger partial charge in [0.05, 0.1) is 24.6 Å². The number of aromatic nitrogens is 2. The highest BCUT2D eigenvalue weighted by Gasteiger charge is 2.22. The lowest BCUT2D eigenvalue weighted by Crippen LogP contribution is -2.34. The average molecular weight is 347 g/mol. The quantitative estimate of drug-likeness (QED) is 0.638. The number of hydrogen-bond acceptors (Lipinski definition) is 3. The Balaban J connectivity index is 1.35. The molecular weight excluding hydrogens is 322 g/mol. The summed E-state index contributed by atoms with van der Waals surface area (Å²) in [4.78, 5) is 7.36. The largest absolute Gasteiger partial charge is 0.375 e. The van der Waals surface area contributed by atoms with Crippen LogP contribution in [0.5, 0.6) is 0 Å². The van der Waals surface area contributed by atoms with Gasteiger partial charge in [-0.3, -0.25) is 4.90 Å². The maximum absolute atomic E-state index is 5.85. The lowest BCUT2D eigenvalue weighted by Gasteiger charge is -2.26. The van der Waals surface area contributed by atoms with E-state index in [1.165, 1.54) is 22.5 Å². The van der Waals surface area contributed by atoms with Gasteiger partial charge in [-0.1, -0.05) is 60.7 Å². The van der Waals surface area contributed by atoms with Crippen molar-refractivity contribution in [3.63, 3.8) is 0 Å². The van der Waals surface area contributed by atoms with Gasteiger partial charge in [-0.2, -0.15) is 0 Å². The second kappa shape index (κ2) is 7.85. The first-order valence-corrected chi connectivity index (χ1v) is 9.25. The molecule has 0 amide bonds. The highest BCUT2D eigenvalue weighted by molar-refractivity contribution is 5.56. The van der Waals surface area contributed by atoms with Gasteiger partial charge in [0.25, 0.3) is 0 Å². The van der Waals surface area contributed by atoms with Crippen LogP contribution in [0.1, 0.15) is 17.0 Å². The first-order valence-electron chi connectivity index (χ1n) is 9.25. The summed E-state index contributed by atoms with van der Waals surface area (Å²) in [6.07, 6.45) is 1.01. The molecule has 0 fully saturated rings. The molecule has 0 N–H and O–H groups in total. The highest BCUT2D eigenvalue weighted by atomic mass is 16.5. The summed E-state index contributed by atoms with van der Waals surface area (Å²) >= 11 is 0. The number of nitrogens with zero attached hydrogens (tertiary/aromatic N) is 3. The topological polar surface area (TPSA) is 30.3 Å². The third-order valence-corrected chi connectivity index (χ3v) is 5.03. The molecule has 4 rings (SSSR count). The van der Waals surface area contributed by atoms with E-state index in [1.807, 2.05) is 12.1 Å². The van der Waals surface area contributed by atoms with E-state index in [9.17, 15) is 0 Å². The van der Waals surface area contributed by atoms with Crippen LogP contribution in [-0.4, -0.2) is 34.1 Å². The lowest BCUT2D eigenvalue weighted by molar-refractivity contribution is 0.0876. The standard InChI is InChI=1S/C22H25N3O/c1-24-21-16-25(14-15-26-17-18-8-4-2-5-9-18)13-12-20(21)23-22(24)19-10-6-3-7-11-19/h2-11H,12-17H2,1H3. The van der Waals surface area contributed by atoms with E-state index < -0.39 is 0 Å². The van der Waals surface area contributed by atoms with E-state index in [-0.39, 0.29) is 0 Å². The van der Waals surface area contributed by atoms with Gasteiger partial charge in [-0.25, -0.2) is 4.98 Å². The van der Waals surface area contributed by atoms with Crippen molar-refractivity contribution >= 4 is 0 Å². The number of hydrogen-bond donors (Lipinski definition) is 0. The maximum Gasteiger partial charge on any atom is 0.140 e. The summed E-state index contributed by atoms with van der Waals surface area (Å²) in [5.41, 5.74) is 4.99. The molecule has 1 aliphatic heterocycles. The predicted octanol–water partition coefficient (Wildman–Crippen LogP) is 3.66. The molecule has 4 heteroatoms. The zero-order valence-electron chi connectivity index (χ0n) is 15.3. The Bertz CT molecular complexity index is 843. The Morgan fingerprint density at radius 3 is 2.50 bits per heavy atom. The first-order chi connectivity index (χ1) is 12.8. The Hall–Kier alpha value is -2.43.